The van der Waals surface area contributed by atoms with E-state index in [9.17, 15) is 4.79 Å². The SMILES string of the molecule is C=C=NC(=O)C(C)O. The van der Waals surface area contributed by atoms with Gasteiger partial charge in [-0.05, 0) is 19.4 Å². The van der Waals surface area contributed by atoms with Crippen molar-refractivity contribution in [2.75, 3.05) is 0 Å². The van der Waals surface area contributed by atoms with Gasteiger partial charge in [0.05, 0.1) is 0 Å². The molecule has 0 heterocycles. The molecule has 0 rings (SSSR count). The molecule has 1 N–H and O–H groups in total. The number of nitrogens with zero attached hydrogens (tertiary/aromatic N) is 1. The van der Waals surface area contributed by atoms with Gasteiger partial charge in [0.25, 0.3) is 5.91 Å². The van der Waals surface area contributed by atoms with Crippen molar-refractivity contribution in [3.63, 3.8) is 0 Å². The van der Waals surface area contributed by atoms with Gasteiger partial charge in [-0.3, -0.25) is 4.79 Å². The second-order valence-electron chi connectivity index (χ2n) is 1.28. The number of carbonyl (C=O) groups is 1. The number of carbonyl (C=O) groups excluding carboxylic acids is 1. The second-order valence-corrected chi connectivity index (χ2v) is 1.28. The van der Waals surface area contributed by atoms with Gasteiger partial charge in [0, 0.05) is 0 Å². The van der Waals surface area contributed by atoms with E-state index in [4.69, 9.17) is 5.11 Å². The summed E-state index contributed by atoms with van der Waals surface area (Å²) in [7, 11) is 0. The number of aliphatic hydroxyl groups excluding tert-OH is 1. The number of aliphatic imine (C=N–C) groups is 1. The summed E-state index contributed by atoms with van der Waals surface area (Å²) >= 11 is 0. The highest BCUT2D eigenvalue weighted by atomic mass is 16.3. The molecule has 1 amide bonds. The Bertz CT molecular complexity index is 133. The number of hydrogen-bond donors (Lipinski definition) is 1. The summed E-state index contributed by atoms with van der Waals surface area (Å²) in [6, 6.07) is 0. The zero-order valence-electron chi connectivity index (χ0n) is 4.59. The highest BCUT2D eigenvalue weighted by Crippen LogP contribution is 1.81. The molecule has 0 aromatic heterocycles. The normalized spacial score (nSPS) is 11.8. The molecule has 0 aliphatic heterocycles. The molecule has 1 atom stereocenters. The van der Waals surface area contributed by atoms with Crippen LogP contribution < -0.4 is 0 Å². The minimum Gasteiger partial charge on any atom is -0.383 e. The van der Waals surface area contributed by atoms with Gasteiger partial charge in [0.2, 0.25) is 0 Å². The Morgan fingerprint density at radius 3 is 2.62 bits per heavy atom. The first-order chi connectivity index (χ1) is 3.68. The summed E-state index contributed by atoms with van der Waals surface area (Å²) in [5, 5.41) is 8.44. The standard InChI is InChI=1S/C5H7NO2/c1-3-6-5(8)4(2)7/h4,7H,1H2,2H3. The molecule has 0 radical (unpaired) electrons. The molecule has 0 saturated heterocycles. The van der Waals surface area contributed by atoms with Gasteiger partial charge in [-0.25, -0.2) is 0 Å². The summed E-state index contributed by atoms with van der Waals surface area (Å²) in [6.07, 6.45) is -1.04. The molecule has 0 aliphatic rings. The van der Waals surface area contributed by atoms with Gasteiger partial charge >= 0.3 is 0 Å². The van der Waals surface area contributed by atoms with Crippen LogP contribution in [0.4, 0.5) is 0 Å². The van der Waals surface area contributed by atoms with Gasteiger partial charge in [0.1, 0.15) is 6.10 Å². The maximum Gasteiger partial charge on any atom is 0.282 e. The fraction of sp³-hybridized carbons (Fsp3) is 0.400. The summed E-state index contributed by atoms with van der Waals surface area (Å²) in [5.41, 5.74) is 0. The molecule has 0 aliphatic carbocycles. The lowest BCUT2D eigenvalue weighted by molar-refractivity contribution is -0.124. The van der Waals surface area contributed by atoms with E-state index in [0.29, 0.717) is 0 Å². The molecule has 3 nitrogen and oxygen atoms in total. The maximum absolute atomic E-state index is 10.2. The predicted molar refractivity (Wildman–Crippen MR) is 29.7 cm³/mol. The van der Waals surface area contributed by atoms with Crippen LogP contribution in [0.1, 0.15) is 6.92 Å². The highest BCUT2D eigenvalue weighted by molar-refractivity contribution is 5.86. The molecule has 8 heavy (non-hydrogen) atoms. The molecule has 3 heteroatoms. The summed E-state index contributed by atoms with van der Waals surface area (Å²) in [4.78, 5) is 13.3. The maximum atomic E-state index is 10.2. The van der Waals surface area contributed by atoms with E-state index in [0.717, 1.165) is 0 Å². The van der Waals surface area contributed by atoms with Crippen molar-refractivity contribution in [1.29, 1.82) is 0 Å². The van der Waals surface area contributed by atoms with Crippen molar-refractivity contribution in [1.82, 2.24) is 0 Å². The van der Waals surface area contributed by atoms with Gasteiger partial charge in [-0.2, -0.15) is 4.99 Å². The molecule has 1 unspecified atom stereocenters. The zero-order chi connectivity index (χ0) is 6.57. The van der Waals surface area contributed by atoms with Crippen LogP contribution in [0.25, 0.3) is 0 Å². The second kappa shape index (κ2) is 3.13. The van der Waals surface area contributed by atoms with E-state index in [-0.39, 0.29) is 0 Å². The van der Waals surface area contributed by atoms with E-state index < -0.39 is 12.0 Å². The molecule has 0 aromatic carbocycles. The van der Waals surface area contributed by atoms with E-state index in [1.165, 1.54) is 6.92 Å². The van der Waals surface area contributed by atoms with Crippen molar-refractivity contribution < 1.29 is 9.90 Å². The molecule has 0 bridgehead atoms. The van der Waals surface area contributed by atoms with Crippen molar-refractivity contribution in [3.05, 3.63) is 6.58 Å². The van der Waals surface area contributed by atoms with Gasteiger partial charge in [-0.15, -0.1) is 0 Å². The Kier molecular flexibility index (Phi) is 2.77. The molecule has 0 saturated carbocycles. The summed E-state index contributed by atoms with van der Waals surface area (Å²) in [5.74, 6) is 1.40. The third-order valence-electron chi connectivity index (χ3n) is 0.547. The predicted octanol–water partition coefficient (Wildman–Crippen LogP) is -0.251. The Labute approximate surface area is 47.4 Å². The van der Waals surface area contributed by atoms with Gasteiger partial charge in [-0.1, -0.05) is 0 Å². The number of amides is 1. The van der Waals surface area contributed by atoms with Crippen molar-refractivity contribution in [2.24, 2.45) is 4.99 Å². The van der Waals surface area contributed by atoms with Crippen LogP contribution in [-0.2, 0) is 4.79 Å². The first-order valence-electron chi connectivity index (χ1n) is 2.13. The third kappa shape index (κ3) is 2.29. The topological polar surface area (TPSA) is 49.7 Å². The molecule has 0 aromatic rings. The highest BCUT2D eigenvalue weighted by Gasteiger charge is 2.03. The molecule has 0 fully saturated rings. The first-order valence-corrected chi connectivity index (χ1v) is 2.13. The monoisotopic (exact) mass is 113 g/mol. The molecule has 0 spiro atoms. The molecule has 44 valence electrons. The molecular formula is C5H7NO2. The van der Waals surface area contributed by atoms with E-state index in [2.05, 4.69) is 11.6 Å². The fourth-order valence-corrected chi connectivity index (χ4v) is 0.171. The average molecular weight is 113 g/mol. The third-order valence-corrected chi connectivity index (χ3v) is 0.547. The van der Waals surface area contributed by atoms with Crippen LogP contribution in [0, 0.1) is 0 Å². The fourth-order valence-electron chi connectivity index (χ4n) is 0.171. The Morgan fingerprint density at radius 2 is 2.50 bits per heavy atom. The average Bonchev–Trinajstić information content (AvgIpc) is 1.67. The minimum absolute atomic E-state index is 0.611. The smallest absolute Gasteiger partial charge is 0.282 e. The Hall–Kier alpha value is -0.920. The summed E-state index contributed by atoms with van der Waals surface area (Å²) < 4.78 is 0. The lowest BCUT2D eigenvalue weighted by atomic mass is 10.4. The van der Waals surface area contributed by atoms with Crippen LogP contribution in [-0.4, -0.2) is 23.0 Å². The van der Waals surface area contributed by atoms with E-state index in [1.807, 2.05) is 5.87 Å². The van der Waals surface area contributed by atoms with Crippen LogP contribution in [0.2, 0.25) is 0 Å². The Balaban J connectivity index is 3.84. The lowest BCUT2D eigenvalue weighted by Crippen LogP contribution is -2.12. The number of rotatable bonds is 1. The van der Waals surface area contributed by atoms with Gasteiger partial charge < -0.3 is 5.11 Å². The first kappa shape index (κ1) is 7.08. The molecular weight excluding hydrogens is 106 g/mol. The van der Waals surface area contributed by atoms with Crippen LogP contribution in [0.15, 0.2) is 11.6 Å². The van der Waals surface area contributed by atoms with Crippen molar-refractivity contribution in [2.45, 2.75) is 13.0 Å². The minimum atomic E-state index is -1.04. The number of aliphatic hydroxyl groups is 1. The Morgan fingerprint density at radius 1 is 2.00 bits per heavy atom. The van der Waals surface area contributed by atoms with Crippen LogP contribution in [0.5, 0.6) is 0 Å². The van der Waals surface area contributed by atoms with Crippen LogP contribution in [0.3, 0.4) is 0 Å². The van der Waals surface area contributed by atoms with E-state index >= 15 is 0 Å². The number of hydrogen-bond acceptors (Lipinski definition) is 2. The quantitative estimate of drug-likeness (QED) is 0.477. The largest absolute Gasteiger partial charge is 0.383 e. The van der Waals surface area contributed by atoms with Crippen molar-refractivity contribution >= 4 is 11.8 Å². The zero-order valence-corrected chi connectivity index (χ0v) is 4.59. The summed E-state index contributed by atoms with van der Waals surface area (Å²) in [6.45, 7) is 4.40. The van der Waals surface area contributed by atoms with E-state index in [1.54, 1.807) is 0 Å². The van der Waals surface area contributed by atoms with Gasteiger partial charge in [0.15, 0.2) is 0 Å². The van der Waals surface area contributed by atoms with Crippen molar-refractivity contribution in [3.8, 4) is 0 Å². The van der Waals surface area contributed by atoms with Crippen LogP contribution >= 0.6 is 0 Å². The lowest BCUT2D eigenvalue weighted by Gasteiger charge is -1.90.